The van der Waals surface area contributed by atoms with E-state index in [9.17, 15) is 0 Å². The second-order valence-corrected chi connectivity index (χ2v) is 3.75. The largest absolute Gasteiger partial charge is 0.397 e. The van der Waals surface area contributed by atoms with Gasteiger partial charge in [0.15, 0.2) is 0 Å². The zero-order valence-corrected chi connectivity index (χ0v) is 8.91. The van der Waals surface area contributed by atoms with Crippen LogP contribution in [0.15, 0.2) is 42.7 Å². The molecule has 0 fully saturated rings. The van der Waals surface area contributed by atoms with Crippen molar-refractivity contribution in [3.63, 3.8) is 0 Å². The van der Waals surface area contributed by atoms with Crippen LogP contribution in [-0.2, 0) is 6.42 Å². The molecule has 0 radical (unpaired) electrons. The summed E-state index contributed by atoms with van der Waals surface area (Å²) in [5.74, 6) is 0. The summed E-state index contributed by atoms with van der Waals surface area (Å²) in [6.45, 7) is 0. The predicted octanol–water partition coefficient (Wildman–Crippen LogP) is 2.91. The van der Waals surface area contributed by atoms with E-state index in [1.807, 2.05) is 30.3 Å². The van der Waals surface area contributed by atoms with Crippen LogP contribution in [0.1, 0.15) is 11.1 Å². The van der Waals surface area contributed by atoms with E-state index >= 15 is 0 Å². The summed E-state index contributed by atoms with van der Waals surface area (Å²) < 4.78 is 0. The number of hydrogen-bond donors (Lipinski definition) is 1. The molecule has 0 amide bonds. The Labute approximate surface area is 93.7 Å². The Bertz CT molecular complexity index is 425. The number of hydrogen-bond acceptors (Lipinski definition) is 2. The summed E-state index contributed by atoms with van der Waals surface area (Å²) in [5.41, 5.74) is 8.65. The second-order valence-electron chi connectivity index (χ2n) is 3.34. The number of aromatic nitrogens is 1. The van der Waals surface area contributed by atoms with Crippen LogP contribution in [0.5, 0.6) is 0 Å². The van der Waals surface area contributed by atoms with Gasteiger partial charge < -0.3 is 5.73 Å². The van der Waals surface area contributed by atoms with E-state index < -0.39 is 0 Å². The van der Waals surface area contributed by atoms with Crippen molar-refractivity contribution >= 4 is 17.3 Å². The van der Waals surface area contributed by atoms with Gasteiger partial charge in [-0.2, -0.15) is 0 Å². The minimum Gasteiger partial charge on any atom is -0.397 e. The van der Waals surface area contributed by atoms with E-state index in [4.69, 9.17) is 17.3 Å². The fourth-order valence-corrected chi connectivity index (χ4v) is 1.65. The first-order chi connectivity index (χ1) is 7.27. The average molecular weight is 219 g/mol. The highest BCUT2D eigenvalue weighted by Crippen LogP contribution is 2.21. The highest BCUT2D eigenvalue weighted by Gasteiger charge is 2.03. The third-order valence-electron chi connectivity index (χ3n) is 2.28. The van der Waals surface area contributed by atoms with Crippen molar-refractivity contribution in [3.8, 4) is 0 Å². The molecule has 2 N–H and O–H groups in total. The Morgan fingerprint density at radius 2 is 1.93 bits per heavy atom. The number of rotatable bonds is 2. The van der Waals surface area contributed by atoms with E-state index in [0.29, 0.717) is 5.69 Å². The van der Waals surface area contributed by atoms with Gasteiger partial charge in [0.25, 0.3) is 0 Å². The lowest BCUT2D eigenvalue weighted by Crippen LogP contribution is -1.96. The lowest BCUT2D eigenvalue weighted by molar-refractivity contribution is 1.17. The van der Waals surface area contributed by atoms with Crippen LogP contribution < -0.4 is 5.73 Å². The lowest BCUT2D eigenvalue weighted by atomic mass is 10.1. The molecule has 2 nitrogen and oxygen atoms in total. The zero-order chi connectivity index (χ0) is 10.7. The first-order valence-electron chi connectivity index (χ1n) is 4.69. The average Bonchev–Trinajstić information content (AvgIpc) is 2.24. The molecule has 2 rings (SSSR count). The molecule has 0 bridgehead atoms. The maximum Gasteiger partial charge on any atom is 0.0536 e. The normalized spacial score (nSPS) is 10.2. The number of anilines is 1. The van der Waals surface area contributed by atoms with E-state index in [-0.39, 0.29) is 0 Å². The SMILES string of the molecule is Nc1cnccc1Cc1ccccc1Cl. The van der Waals surface area contributed by atoms with E-state index in [0.717, 1.165) is 22.6 Å². The van der Waals surface area contributed by atoms with Crippen molar-refractivity contribution in [2.24, 2.45) is 0 Å². The molecule has 0 aliphatic heterocycles. The molecule has 1 aromatic heterocycles. The standard InChI is InChI=1S/C12H11ClN2/c13-11-4-2-1-3-9(11)7-10-5-6-15-8-12(10)14/h1-6,8H,7,14H2. The van der Waals surface area contributed by atoms with Crippen molar-refractivity contribution in [2.75, 3.05) is 5.73 Å². The fourth-order valence-electron chi connectivity index (χ4n) is 1.44. The number of pyridine rings is 1. The molecule has 0 atom stereocenters. The number of nitrogen functional groups attached to an aromatic ring is 1. The van der Waals surface area contributed by atoms with E-state index in [2.05, 4.69) is 4.98 Å². The van der Waals surface area contributed by atoms with Gasteiger partial charge in [-0.3, -0.25) is 4.98 Å². The third kappa shape index (κ3) is 2.28. The summed E-state index contributed by atoms with van der Waals surface area (Å²) in [5, 5.41) is 0.772. The van der Waals surface area contributed by atoms with Crippen molar-refractivity contribution in [3.05, 3.63) is 58.9 Å². The third-order valence-corrected chi connectivity index (χ3v) is 2.65. The predicted molar refractivity (Wildman–Crippen MR) is 62.9 cm³/mol. The Morgan fingerprint density at radius 3 is 2.67 bits per heavy atom. The number of nitrogens with two attached hydrogens (primary N) is 1. The molecule has 2 aromatic rings. The van der Waals surface area contributed by atoms with Gasteiger partial charge in [-0.1, -0.05) is 29.8 Å². The quantitative estimate of drug-likeness (QED) is 0.842. The Hall–Kier alpha value is -1.54. The van der Waals surface area contributed by atoms with Gasteiger partial charge in [0.05, 0.1) is 11.9 Å². The topological polar surface area (TPSA) is 38.9 Å². The smallest absolute Gasteiger partial charge is 0.0536 e. The van der Waals surface area contributed by atoms with Gasteiger partial charge in [-0.05, 0) is 23.3 Å². The first-order valence-corrected chi connectivity index (χ1v) is 5.07. The molecule has 0 saturated carbocycles. The van der Waals surface area contributed by atoms with Gasteiger partial charge >= 0.3 is 0 Å². The van der Waals surface area contributed by atoms with Crippen LogP contribution in [0, 0.1) is 0 Å². The molecule has 3 heteroatoms. The highest BCUT2D eigenvalue weighted by molar-refractivity contribution is 6.31. The first kappa shape index (κ1) is 9.99. The Balaban J connectivity index is 2.30. The Morgan fingerprint density at radius 1 is 1.13 bits per heavy atom. The van der Waals surface area contributed by atoms with Crippen molar-refractivity contribution in [2.45, 2.75) is 6.42 Å². The molecule has 0 aliphatic carbocycles. The van der Waals surface area contributed by atoms with E-state index in [1.54, 1.807) is 12.4 Å². The highest BCUT2D eigenvalue weighted by atomic mass is 35.5. The molecule has 0 unspecified atom stereocenters. The maximum absolute atomic E-state index is 6.07. The summed E-state index contributed by atoms with van der Waals surface area (Å²) in [6, 6.07) is 9.69. The van der Waals surface area contributed by atoms with Gasteiger partial charge in [-0.25, -0.2) is 0 Å². The van der Waals surface area contributed by atoms with Gasteiger partial charge in [0, 0.05) is 17.6 Å². The van der Waals surface area contributed by atoms with Crippen LogP contribution in [0.25, 0.3) is 0 Å². The monoisotopic (exact) mass is 218 g/mol. The van der Waals surface area contributed by atoms with Crippen LogP contribution in [0.4, 0.5) is 5.69 Å². The van der Waals surface area contributed by atoms with Gasteiger partial charge in [-0.15, -0.1) is 0 Å². The molecule has 0 aliphatic rings. The molecule has 76 valence electrons. The van der Waals surface area contributed by atoms with Crippen LogP contribution >= 0.6 is 11.6 Å². The maximum atomic E-state index is 6.07. The minimum absolute atomic E-state index is 0.706. The minimum atomic E-state index is 0.706. The molecule has 0 spiro atoms. The number of halogens is 1. The molecule has 1 heterocycles. The van der Waals surface area contributed by atoms with Crippen molar-refractivity contribution in [1.82, 2.24) is 4.98 Å². The summed E-state index contributed by atoms with van der Waals surface area (Å²) in [6.07, 6.45) is 4.14. The molecule has 1 aromatic carbocycles. The van der Waals surface area contributed by atoms with Crippen LogP contribution in [0.3, 0.4) is 0 Å². The molecule has 15 heavy (non-hydrogen) atoms. The zero-order valence-electron chi connectivity index (χ0n) is 8.15. The van der Waals surface area contributed by atoms with E-state index in [1.165, 1.54) is 0 Å². The van der Waals surface area contributed by atoms with Crippen LogP contribution in [0.2, 0.25) is 5.02 Å². The fraction of sp³-hybridized carbons (Fsp3) is 0.0833. The van der Waals surface area contributed by atoms with Crippen molar-refractivity contribution in [1.29, 1.82) is 0 Å². The Kier molecular flexibility index (Phi) is 2.88. The summed E-state index contributed by atoms with van der Waals surface area (Å²) in [4.78, 5) is 3.95. The van der Waals surface area contributed by atoms with Gasteiger partial charge in [0.1, 0.15) is 0 Å². The molecule has 0 saturated heterocycles. The molecular formula is C12H11ClN2. The number of nitrogens with zero attached hydrogens (tertiary/aromatic N) is 1. The van der Waals surface area contributed by atoms with Gasteiger partial charge in [0.2, 0.25) is 0 Å². The lowest BCUT2D eigenvalue weighted by Gasteiger charge is -2.06. The number of benzene rings is 1. The summed E-state index contributed by atoms with van der Waals surface area (Å²) >= 11 is 6.07. The molecular weight excluding hydrogens is 208 g/mol. The van der Waals surface area contributed by atoms with Crippen LogP contribution in [-0.4, -0.2) is 4.98 Å². The van der Waals surface area contributed by atoms with Crippen molar-refractivity contribution < 1.29 is 0 Å². The second kappa shape index (κ2) is 4.32. The summed E-state index contributed by atoms with van der Waals surface area (Å²) in [7, 11) is 0.